The lowest BCUT2D eigenvalue weighted by Crippen LogP contribution is -2.32. The molecule has 0 aromatic carbocycles. The smallest absolute Gasteiger partial charge is 0.327 e. The van der Waals surface area contributed by atoms with Crippen molar-refractivity contribution in [3.05, 3.63) is 28.7 Å². The minimum Gasteiger partial charge on any atom is -0.503 e. The zero-order chi connectivity index (χ0) is 10.7. The molecule has 6 heteroatoms. The van der Waals surface area contributed by atoms with Crippen LogP contribution < -0.4 is 10.9 Å². The van der Waals surface area contributed by atoms with Crippen molar-refractivity contribution in [1.29, 1.82) is 0 Å². The lowest BCUT2D eigenvalue weighted by Gasteiger charge is -2.13. The Kier molecular flexibility index (Phi) is 2.76. The largest absolute Gasteiger partial charge is 0.503 e. The lowest BCUT2D eigenvalue weighted by molar-refractivity contribution is -0.137. The van der Waals surface area contributed by atoms with Gasteiger partial charge in [0.25, 0.3) is 0 Å². The molecule has 76 valence electrons. The topological polar surface area (TPSA) is 91.6 Å². The minimum absolute atomic E-state index is 0.433. The van der Waals surface area contributed by atoms with Crippen LogP contribution in [0.1, 0.15) is 6.92 Å². The highest BCUT2D eigenvalue weighted by Gasteiger charge is 2.09. The number of nitrogens with one attached hydrogen (secondary N) is 1. The average molecular weight is 198 g/mol. The number of aromatic nitrogens is 1. The highest BCUT2D eigenvalue weighted by atomic mass is 16.4. The summed E-state index contributed by atoms with van der Waals surface area (Å²) in [6.45, 7) is 1.44. The monoisotopic (exact) mass is 198 g/mol. The summed E-state index contributed by atoms with van der Waals surface area (Å²) in [5, 5.41) is 17.6. The quantitative estimate of drug-likeness (QED) is 0.613. The number of carboxylic acid groups (broad SMARTS) is 1. The Labute approximate surface area is 79.4 Å². The molecular weight excluding hydrogens is 188 g/mol. The van der Waals surface area contributed by atoms with Gasteiger partial charge in [-0.25, -0.2) is 4.79 Å². The van der Waals surface area contributed by atoms with Gasteiger partial charge in [0.2, 0.25) is 5.43 Å². The first-order chi connectivity index (χ1) is 6.50. The fraction of sp³-hybridized carbons (Fsp3) is 0.250. The summed E-state index contributed by atoms with van der Waals surface area (Å²) in [6, 6.07) is 0.327. The van der Waals surface area contributed by atoms with Gasteiger partial charge in [-0.15, -0.1) is 0 Å². The van der Waals surface area contributed by atoms with E-state index in [0.717, 1.165) is 12.3 Å². The van der Waals surface area contributed by atoms with Gasteiger partial charge in [0.15, 0.2) is 5.75 Å². The van der Waals surface area contributed by atoms with Gasteiger partial charge in [-0.05, 0) is 6.92 Å². The zero-order valence-electron chi connectivity index (χ0n) is 7.47. The number of aromatic hydroxyl groups is 1. The van der Waals surface area contributed by atoms with Crippen LogP contribution in [-0.4, -0.2) is 26.9 Å². The third-order valence-electron chi connectivity index (χ3n) is 1.61. The van der Waals surface area contributed by atoms with Crippen molar-refractivity contribution in [1.82, 2.24) is 4.68 Å². The van der Waals surface area contributed by atoms with E-state index < -0.39 is 23.2 Å². The fourth-order valence-corrected chi connectivity index (χ4v) is 0.831. The summed E-state index contributed by atoms with van der Waals surface area (Å²) in [7, 11) is 0. The molecule has 6 nitrogen and oxygen atoms in total. The maximum atomic E-state index is 10.8. The first kappa shape index (κ1) is 10.1. The van der Waals surface area contributed by atoms with Gasteiger partial charge < -0.3 is 15.6 Å². The van der Waals surface area contributed by atoms with E-state index in [9.17, 15) is 9.59 Å². The maximum Gasteiger partial charge on any atom is 0.327 e. The van der Waals surface area contributed by atoms with Gasteiger partial charge in [0, 0.05) is 12.3 Å². The number of pyridine rings is 1. The summed E-state index contributed by atoms with van der Waals surface area (Å²) >= 11 is 0. The molecule has 1 aromatic heterocycles. The average Bonchev–Trinajstić information content (AvgIpc) is 2.11. The van der Waals surface area contributed by atoms with Crippen molar-refractivity contribution in [3.63, 3.8) is 0 Å². The van der Waals surface area contributed by atoms with Crippen molar-refractivity contribution in [3.8, 4) is 5.75 Å². The Morgan fingerprint density at radius 1 is 1.64 bits per heavy atom. The van der Waals surface area contributed by atoms with Crippen LogP contribution in [0, 0.1) is 0 Å². The summed E-state index contributed by atoms with van der Waals surface area (Å²) < 4.78 is 1.22. The standard InChI is InChI=1S/C8H10N2O4/c1-5(8(13)14)9-10-3-2-6(11)7(12)4-10/h2-5,9,12H,1H3,(H,13,14). The Hall–Kier alpha value is -1.98. The molecule has 0 aliphatic rings. The third-order valence-corrected chi connectivity index (χ3v) is 1.61. The number of carbonyl (C=O) groups is 1. The van der Waals surface area contributed by atoms with Gasteiger partial charge in [0.05, 0.1) is 6.20 Å². The number of aliphatic carboxylic acids is 1. The summed E-state index contributed by atoms with van der Waals surface area (Å²) in [6.07, 6.45) is 2.45. The number of nitrogens with zero attached hydrogens (tertiary/aromatic N) is 1. The second-order valence-corrected chi connectivity index (χ2v) is 2.79. The first-order valence-electron chi connectivity index (χ1n) is 3.91. The van der Waals surface area contributed by atoms with Gasteiger partial charge >= 0.3 is 5.97 Å². The van der Waals surface area contributed by atoms with Gasteiger partial charge in [0.1, 0.15) is 6.04 Å². The van der Waals surface area contributed by atoms with Crippen molar-refractivity contribution in [2.75, 3.05) is 5.43 Å². The van der Waals surface area contributed by atoms with Gasteiger partial charge in [-0.1, -0.05) is 0 Å². The molecular formula is C8H10N2O4. The predicted octanol–water partition coefficient (Wildman–Crippen LogP) is -0.430. The molecule has 0 bridgehead atoms. The molecule has 0 saturated heterocycles. The highest BCUT2D eigenvalue weighted by Crippen LogP contribution is 1.97. The molecule has 0 aliphatic heterocycles. The Morgan fingerprint density at radius 2 is 2.29 bits per heavy atom. The SMILES string of the molecule is CC(Nn1ccc(=O)c(O)c1)C(=O)O. The molecule has 1 heterocycles. The summed E-state index contributed by atoms with van der Waals surface area (Å²) in [5.74, 6) is -1.46. The molecule has 1 rings (SSSR count). The van der Waals surface area contributed by atoms with E-state index in [1.807, 2.05) is 0 Å². The number of hydrogen-bond donors (Lipinski definition) is 3. The Morgan fingerprint density at radius 3 is 2.79 bits per heavy atom. The highest BCUT2D eigenvalue weighted by molar-refractivity contribution is 5.74. The second-order valence-electron chi connectivity index (χ2n) is 2.79. The van der Waals surface area contributed by atoms with Crippen LogP contribution in [0.5, 0.6) is 5.75 Å². The lowest BCUT2D eigenvalue weighted by atomic mass is 10.4. The van der Waals surface area contributed by atoms with Crippen molar-refractivity contribution in [2.24, 2.45) is 0 Å². The molecule has 0 spiro atoms. The molecule has 1 atom stereocenters. The molecule has 0 aliphatic carbocycles. The van der Waals surface area contributed by atoms with E-state index in [2.05, 4.69) is 5.43 Å². The van der Waals surface area contributed by atoms with Crippen LogP contribution in [0.4, 0.5) is 0 Å². The van der Waals surface area contributed by atoms with Crippen LogP contribution in [0.3, 0.4) is 0 Å². The summed E-state index contributed by atoms with van der Waals surface area (Å²) in [5.41, 5.74) is 2.02. The first-order valence-corrected chi connectivity index (χ1v) is 3.91. The van der Waals surface area contributed by atoms with Crippen LogP contribution in [0.15, 0.2) is 23.3 Å². The molecule has 0 radical (unpaired) electrons. The fourth-order valence-electron chi connectivity index (χ4n) is 0.831. The van der Waals surface area contributed by atoms with E-state index in [0.29, 0.717) is 0 Å². The van der Waals surface area contributed by atoms with E-state index >= 15 is 0 Å². The molecule has 0 amide bonds. The molecule has 14 heavy (non-hydrogen) atoms. The van der Waals surface area contributed by atoms with Crippen molar-refractivity contribution < 1.29 is 15.0 Å². The third kappa shape index (κ3) is 2.25. The van der Waals surface area contributed by atoms with Gasteiger partial charge in [-0.2, -0.15) is 0 Å². The van der Waals surface area contributed by atoms with Crippen LogP contribution >= 0.6 is 0 Å². The van der Waals surface area contributed by atoms with Crippen molar-refractivity contribution in [2.45, 2.75) is 13.0 Å². The molecule has 1 aromatic rings. The number of hydrogen-bond acceptors (Lipinski definition) is 4. The second kappa shape index (κ2) is 3.82. The summed E-state index contributed by atoms with van der Waals surface area (Å²) in [4.78, 5) is 21.2. The predicted molar refractivity (Wildman–Crippen MR) is 48.8 cm³/mol. The van der Waals surface area contributed by atoms with Gasteiger partial charge in [-0.3, -0.25) is 9.47 Å². The van der Waals surface area contributed by atoms with Crippen molar-refractivity contribution >= 4 is 5.97 Å². The van der Waals surface area contributed by atoms with E-state index in [-0.39, 0.29) is 0 Å². The zero-order valence-corrected chi connectivity index (χ0v) is 7.47. The van der Waals surface area contributed by atoms with Crippen LogP contribution in [-0.2, 0) is 4.79 Å². The minimum atomic E-state index is -1.02. The normalized spacial score (nSPS) is 12.1. The molecule has 1 unspecified atom stereocenters. The van der Waals surface area contributed by atoms with E-state index in [4.69, 9.17) is 10.2 Å². The maximum absolute atomic E-state index is 10.8. The van der Waals surface area contributed by atoms with Crippen LogP contribution in [0.25, 0.3) is 0 Å². The molecule has 3 N–H and O–H groups in total. The van der Waals surface area contributed by atoms with Crippen LogP contribution in [0.2, 0.25) is 0 Å². The number of carboxylic acids is 1. The Balaban J connectivity index is 2.83. The number of rotatable bonds is 3. The molecule has 0 saturated carbocycles. The Bertz CT molecular complexity index is 399. The van der Waals surface area contributed by atoms with E-state index in [1.54, 1.807) is 0 Å². The molecule has 0 fully saturated rings. The van der Waals surface area contributed by atoms with E-state index in [1.165, 1.54) is 17.8 Å².